The fourth-order valence-electron chi connectivity index (χ4n) is 2.73. The van der Waals surface area contributed by atoms with Crippen molar-refractivity contribution in [3.05, 3.63) is 60.9 Å². The van der Waals surface area contributed by atoms with Crippen molar-refractivity contribution in [1.29, 1.82) is 0 Å². The minimum atomic E-state index is -0.252. The molecule has 0 unspecified atom stereocenters. The predicted octanol–water partition coefficient (Wildman–Crippen LogP) is 3.77. The number of nitrogens with zero attached hydrogens (tertiary/aromatic N) is 3. The number of aromatic amines is 1. The Morgan fingerprint density at radius 2 is 1.86 bits per heavy atom. The van der Waals surface area contributed by atoms with Crippen LogP contribution in [0.15, 0.2) is 55.1 Å². The third-order valence-corrected chi connectivity index (χ3v) is 3.77. The molecular formula is C17H13FN4. The van der Waals surface area contributed by atoms with Crippen LogP contribution in [0.25, 0.3) is 33.5 Å². The molecule has 0 aliphatic rings. The summed E-state index contributed by atoms with van der Waals surface area (Å²) >= 11 is 0. The molecule has 0 saturated carbocycles. The number of aromatic nitrogens is 4. The fourth-order valence-corrected chi connectivity index (χ4v) is 2.73. The molecule has 1 N–H and O–H groups in total. The number of imidazole rings is 1. The largest absolute Gasteiger partial charge is 0.346 e. The summed E-state index contributed by atoms with van der Waals surface area (Å²) in [5.74, 6) is -0.252. The van der Waals surface area contributed by atoms with Gasteiger partial charge in [-0.05, 0) is 36.4 Å². The number of hydrogen-bond acceptors (Lipinski definition) is 2. The first-order valence-corrected chi connectivity index (χ1v) is 6.94. The van der Waals surface area contributed by atoms with Gasteiger partial charge in [0.05, 0.1) is 17.7 Å². The van der Waals surface area contributed by atoms with Crippen LogP contribution in [0.2, 0.25) is 0 Å². The van der Waals surface area contributed by atoms with Crippen molar-refractivity contribution in [2.24, 2.45) is 7.05 Å². The average Bonchev–Trinajstić information content (AvgIpc) is 3.14. The van der Waals surface area contributed by atoms with Gasteiger partial charge in [-0.1, -0.05) is 0 Å². The number of hydrogen-bond donors (Lipinski definition) is 1. The Morgan fingerprint density at radius 1 is 1.05 bits per heavy atom. The van der Waals surface area contributed by atoms with Crippen molar-refractivity contribution in [2.75, 3.05) is 0 Å². The molecule has 3 aromatic heterocycles. The second-order valence-electron chi connectivity index (χ2n) is 5.16. The van der Waals surface area contributed by atoms with Crippen molar-refractivity contribution in [3.8, 4) is 22.5 Å². The Hall–Kier alpha value is -2.95. The van der Waals surface area contributed by atoms with E-state index in [9.17, 15) is 4.39 Å². The summed E-state index contributed by atoms with van der Waals surface area (Å²) in [6.45, 7) is 0. The van der Waals surface area contributed by atoms with E-state index in [-0.39, 0.29) is 5.82 Å². The number of fused-ring (bicyclic) bond motifs is 1. The van der Waals surface area contributed by atoms with Gasteiger partial charge >= 0.3 is 0 Å². The Labute approximate surface area is 126 Å². The van der Waals surface area contributed by atoms with E-state index in [0.29, 0.717) is 0 Å². The van der Waals surface area contributed by atoms with Gasteiger partial charge in [0.15, 0.2) is 0 Å². The van der Waals surface area contributed by atoms with E-state index < -0.39 is 0 Å². The zero-order valence-corrected chi connectivity index (χ0v) is 11.9. The van der Waals surface area contributed by atoms with Crippen LogP contribution in [0.3, 0.4) is 0 Å². The monoisotopic (exact) mass is 292 g/mol. The topological polar surface area (TPSA) is 46.5 Å². The lowest BCUT2D eigenvalue weighted by molar-refractivity contribution is 0.628. The third-order valence-electron chi connectivity index (χ3n) is 3.77. The molecule has 0 aliphatic heterocycles. The predicted molar refractivity (Wildman–Crippen MR) is 83.7 cm³/mol. The van der Waals surface area contributed by atoms with Crippen LogP contribution in [0, 0.1) is 5.82 Å². The van der Waals surface area contributed by atoms with Crippen LogP contribution < -0.4 is 0 Å². The molecule has 0 amide bonds. The SMILES string of the molecule is Cn1cnc(-c2ccc(F)cc2)c1-c1ccnc2[nH]ccc12. The zero-order chi connectivity index (χ0) is 15.1. The highest BCUT2D eigenvalue weighted by Gasteiger charge is 2.16. The van der Waals surface area contributed by atoms with E-state index in [1.54, 1.807) is 24.7 Å². The molecule has 22 heavy (non-hydrogen) atoms. The van der Waals surface area contributed by atoms with Gasteiger partial charge in [-0.2, -0.15) is 0 Å². The van der Waals surface area contributed by atoms with E-state index >= 15 is 0 Å². The number of benzene rings is 1. The quantitative estimate of drug-likeness (QED) is 0.611. The van der Waals surface area contributed by atoms with Crippen LogP contribution in [-0.4, -0.2) is 19.5 Å². The molecule has 4 rings (SSSR count). The van der Waals surface area contributed by atoms with Gasteiger partial charge in [-0.25, -0.2) is 14.4 Å². The van der Waals surface area contributed by atoms with E-state index in [1.165, 1.54) is 12.1 Å². The number of pyridine rings is 1. The molecule has 0 aliphatic carbocycles. The minimum Gasteiger partial charge on any atom is -0.346 e. The number of aryl methyl sites for hydroxylation is 1. The van der Waals surface area contributed by atoms with Gasteiger partial charge in [0.2, 0.25) is 0 Å². The van der Waals surface area contributed by atoms with Gasteiger partial charge in [-0.3, -0.25) is 0 Å². The Kier molecular flexibility index (Phi) is 2.79. The normalized spacial score (nSPS) is 11.2. The maximum atomic E-state index is 13.2. The molecule has 3 heterocycles. The summed E-state index contributed by atoms with van der Waals surface area (Å²) in [6, 6.07) is 10.4. The highest BCUT2D eigenvalue weighted by molar-refractivity contribution is 5.95. The minimum absolute atomic E-state index is 0.252. The van der Waals surface area contributed by atoms with Gasteiger partial charge in [-0.15, -0.1) is 0 Å². The van der Waals surface area contributed by atoms with Gasteiger partial charge in [0, 0.05) is 36.0 Å². The molecule has 1 aromatic carbocycles. The van der Waals surface area contributed by atoms with Crippen molar-refractivity contribution >= 4 is 11.0 Å². The summed E-state index contributed by atoms with van der Waals surface area (Å²) in [4.78, 5) is 11.9. The summed E-state index contributed by atoms with van der Waals surface area (Å²) in [7, 11) is 1.95. The lowest BCUT2D eigenvalue weighted by Gasteiger charge is -2.08. The Balaban J connectivity index is 1.98. The Bertz CT molecular complexity index is 950. The second kappa shape index (κ2) is 4.80. The maximum absolute atomic E-state index is 13.2. The molecule has 0 saturated heterocycles. The fraction of sp³-hybridized carbons (Fsp3) is 0.0588. The molecule has 0 spiro atoms. The van der Waals surface area contributed by atoms with Crippen LogP contribution in [0.5, 0.6) is 0 Å². The third kappa shape index (κ3) is 1.90. The second-order valence-corrected chi connectivity index (χ2v) is 5.16. The zero-order valence-electron chi connectivity index (χ0n) is 11.9. The van der Waals surface area contributed by atoms with Crippen LogP contribution in [0.4, 0.5) is 4.39 Å². The average molecular weight is 292 g/mol. The number of halogens is 1. The van der Waals surface area contributed by atoms with Crippen molar-refractivity contribution in [3.63, 3.8) is 0 Å². The van der Waals surface area contributed by atoms with E-state index in [1.807, 2.05) is 29.9 Å². The lowest BCUT2D eigenvalue weighted by Crippen LogP contribution is -1.93. The smallest absolute Gasteiger partial charge is 0.137 e. The number of nitrogens with one attached hydrogen (secondary N) is 1. The molecule has 4 nitrogen and oxygen atoms in total. The van der Waals surface area contributed by atoms with Crippen LogP contribution >= 0.6 is 0 Å². The van der Waals surface area contributed by atoms with Crippen molar-refractivity contribution in [2.45, 2.75) is 0 Å². The van der Waals surface area contributed by atoms with E-state index in [2.05, 4.69) is 15.0 Å². The summed E-state index contributed by atoms with van der Waals surface area (Å²) in [5.41, 5.74) is 4.58. The van der Waals surface area contributed by atoms with Gasteiger partial charge in [0.25, 0.3) is 0 Å². The van der Waals surface area contributed by atoms with Crippen molar-refractivity contribution in [1.82, 2.24) is 19.5 Å². The molecule has 4 aromatic rings. The van der Waals surface area contributed by atoms with Gasteiger partial charge in [0.1, 0.15) is 11.5 Å². The molecule has 108 valence electrons. The lowest BCUT2D eigenvalue weighted by atomic mass is 10.0. The number of H-pyrrole nitrogens is 1. The molecule has 5 heteroatoms. The highest BCUT2D eigenvalue weighted by Crippen LogP contribution is 2.34. The summed E-state index contributed by atoms with van der Waals surface area (Å²) in [6.07, 6.45) is 5.41. The van der Waals surface area contributed by atoms with Crippen LogP contribution in [0.1, 0.15) is 0 Å². The van der Waals surface area contributed by atoms with Crippen molar-refractivity contribution < 1.29 is 4.39 Å². The molecule has 0 fully saturated rings. The van der Waals surface area contributed by atoms with E-state index in [0.717, 1.165) is 33.5 Å². The Morgan fingerprint density at radius 3 is 2.68 bits per heavy atom. The first kappa shape index (κ1) is 12.8. The van der Waals surface area contributed by atoms with Crippen LogP contribution in [-0.2, 0) is 7.05 Å². The molecule has 0 bridgehead atoms. The summed E-state index contributed by atoms with van der Waals surface area (Å²) < 4.78 is 15.1. The standard InChI is InChI=1S/C17H13FN4/c1-22-10-21-15(11-2-4-12(18)5-3-11)16(22)13-6-8-19-17-14(13)7-9-20-17/h2-10H,1H3,(H,19,20). The first-order valence-electron chi connectivity index (χ1n) is 6.94. The first-order chi connectivity index (χ1) is 10.7. The summed E-state index contributed by atoms with van der Waals surface area (Å²) in [5, 5.41) is 1.04. The molecule has 0 atom stereocenters. The molecular weight excluding hydrogens is 279 g/mol. The highest BCUT2D eigenvalue weighted by atomic mass is 19.1. The van der Waals surface area contributed by atoms with Gasteiger partial charge < -0.3 is 9.55 Å². The number of rotatable bonds is 2. The molecule has 0 radical (unpaired) electrons. The maximum Gasteiger partial charge on any atom is 0.137 e. The van der Waals surface area contributed by atoms with E-state index in [4.69, 9.17) is 0 Å².